The SMILES string of the molecule is CC1(C(=O)O)CC1N(C(=O)C(c1ccccc1)c1ccccc1)c1cccc(Cc2n[nH]c(=O)c3c2CCCC3)c1. The van der Waals surface area contributed by atoms with Gasteiger partial charge in [0.2, 0.25) is 5.91 Å². The number of carboxylic acids is 1. The highest BCUT2D eigenvalue weighted by Crippen LogP contribution is 2.51. The summed E-state index contributed by atoms with van der Waals surface area (Å²) in [5.41, 5.74) is 4.90. The molecule has 0 aliphatic heterocycles. The van der Waals surface area contributed by atoms with Crippen molar-refractivity contribution < 1.29 is 14.7 Å². The molecule has 2 N–H and O–H groups in total. The van der Waals surface area contributed by atoms with Crippen LogP contribution in [0.4, 0.5) is 5.69 Å². The van der Waals surface area contributed by atoms with E-state index in [1.807, 2.05) is 84.9 Å². The highest BCUT2D eigenvalue weighted by Gasteiger charge is 2.61. The van der Waals surface area contributed by atoms with Gasteiger partial charge < -0.3 is 10.0 Å². The van der Waals surface area contributed by atoms with Crippen molar-refractivity contribution >= 4 is 17.6 Å². The number of hydrogen-bond donors (Lipinski definition) is 2. The summed E-state index contributed by atoms with van der Waals surface area (Å²) >= 11 is 0. The van der Waals surface area contributed by atoms with Crippen molar-refractivity contribution in [2.75, 3.05) is 4.90 Å². The smallest absolute Gasteiger partial charge is 0.311 e. The standard InChI is InChI=1S/C34H33N3O4/c1-34(33(40)41)21-29(34)37(32(39)30(23-12-4-2-5-13-23)24-14-6-3-7-15-24)25-16-10-11-22(19-25)20-28-26-17-8-9-18-27(26)31(38)36-35-28/h2-7,10-16,19,29-30H,8-9,17-18,20-21H2,1H3,(H,36,38)(H,40,41). The van der Waals surface area contributed by atoms with Crippen molar-refractivity contribution in [2.24, 2.45) is 5.41 Å². The van der Waals surface area contributed by atoms with Gasteiger partial charge in [0.15, 0.2) is 0 Å². The Morgan fingerprint density at radius 3 is 2.20 bits per heavy atom. The quantitative estimate of drug-likeness (QED) is 0.313. The second-order valence-electron chi connectivity index (χ2n) is 11.4. The Labute approximate surface area is 238 Å². The van der Waals surface area contributed by atoms with Crippen molar-refractivity contribution in [3.63, 3.8) is 0 Å². The fourth-order valence-corrected chi connectivity index (χ4v) is 6.20. The highest BCUT2D eigenvalue weighted by atomic mass is 16.4. The Morgan fingerprint density at radius 2 is 1.59 bits per heavy atom. The third-order valence-corrected chi connectivity index (χ3v) is 8.69. The number of carboxylic acid groups (broad SMARTS) is 1. The van der Waals surface area contributed by atoms with Crippen LogP contribution in [0.15, 0.2) is 89.7 Å². The van der Waals surface area contributed by atoms with E-state index in [9.17, 15) is 19.5 Å². The van der Waals surface area contributed by atoms with Crippen molar-refractivity contribution in [2.45, 2.75) is 57.4 Å². The number of nitrogens with one attached hydrogen (secondary N) is 1. The number of fused-ring (bicyclic) bond motifs is 1. The zero-order chi connectivity index (χ0) is 28.6. The molecule has 6 rings (SSSR count). The summed E-state index contributed by atoms with van der Waals surface area (Å²) in [4.78, 5) is 41.0. The predicted molar refractivity (Wildman–Crippen MR) is 157 cm³/mol. The van der Waals surface area contributed by atoms with Crippen LogP contribution in [-0.2, 0) is 28.9 Å². The number of H-pyrrole nitrogens is 1. The largest absolute Gasteiger partial charge is 0.481 e. The van der Waals surface area contributed by atoms with E-state index in [-0.39, 0.29) is 11.5 Å². The molecule has 1 heterocycles. The van der Waals surface area contributed by atoms with E-state index in [1.54, 1.807) is 11.8 Å². The molecule has 4 aromatic rings. The van der Waals surface area contributed by atoms with Crippen molar-refractivity contribution in [1.82, 2.24) is 10.2 Å². The molecule has 41 heavy (non-hydrogen) atoms. The van der Waals surface area contributed by atoms with Gasteiger partial charge in [-0.3, -0.25) is 14.4 Å². The monoisotopic (exact) mass is 547 g/mol. The number of amides is 1. The van der Waals surface area contributed by atoms with E-state index in [0.717, 1.165) is 59.2 Å². The van der Waals surface area contributed by atoms with Gasteiger partial charge >= 0.3 is 5.97 Å². The normalized spacial score (nSPS) is 19.4. The molecular weight excluding hydrogens is 514 g/mol. The number of aromatic amines is 1. The first-order valence-electron chi connectivity index (χ1n) is 14.2. The van der Waals surface area contributed by atoms with E-state index in [1.165, 1.54) is 0 Å². The summed E-state index contributed by atoms with van der Waals surface area (Å²) < 4.78 is 0. The van der Waals surface area contributed by atoms with Crippen LogP contribution in [0, 0.1) is 5.41 Å². The van der Waals surface area contributed by atoms with Gasteiger partial charge in [0.05, 0.1) is 23.1 Å². The van der Waals surface area contributed by atoms with Gasteiger partial charge in [-0.1, -0.05) is 72.8 Å². The van der Waals surface area contributed by atoms with Crippen LogP contribution >= 0.6 is 0 Å². The second kappa shape index (κ2) is 10.8. The first-order valence-corrected chi connectivity index (χ1v) is 14.2. The molecule has 0 bridgehead atoms. The number of hydrogen-bond acceptors (Lipinski definition) is 4. The lowest BCUT2D eigenvalue weighted by Gasteiger charge is -2.30. The van der Waals surface area contributed by atoms with Gasteiger partial charge in [0.1, 0.15) is 0 Å². The van der Waals surface area contributed by atoms with Gasteiger partial charge in [-0.2, -0.15) is 5.10 Å². The molecule has 7 heteroatoms. The van der Waals surface area contributed by atoms with Crippen LogP contribution in [0.1, 0.15) is 65.6 Å². The van der Waals surface area contributed by atoms with Gasteiger partial charge in [-0.25, -0.2) is 5.10 Å². The van der Waals surface area contributed by atoms with Crippen LogP contribution < -0.4 is 10.5 Å². The molecule has 1 aromatic heterocycles. The number of carbonyl (C=O) groups excluding carboxylic acids is 1. The van der Waals surface area contributed by atoms with E-state index >= 15 is 0 Å². The first-order chi connectivity index (χ1) is 19.9. The number of aromatic nitrogens is 2. The lowest BCUT2D eigenvalue weighted by molar-refractivity contribution is -0.142. The highest BCUT2D eigenvalue weighted by molar-refractivity contribution is 6.02. The van der Waals surface area contributed by atoms with Crippen LogP contribution in [-0.4, -0.2) is 33.2 Å². The molecule has 1 amide bonds. The predicted octanol–water partition coefficient (Wildman–Crippen LogP) is 5.27. The lowest BCUT2D eigenvalue weighted by Crippen LogP contribution is -2.40. The third-order valence-electron chi connectivity index (χ3n) is 8.69. The average molecular weight is 548 g/mol. The lowest BCUT2D eigenvalue weighted by atomic mass is 9.89. The zero-order valence-corrected chi connectivity index (χ0v) is 23.0. The number of nitrogens with zero attached hydrogens (tertiary/aromatic N) is 2. The summed E-state index contributed by atoms with van der Waals surface area (Å²) in [5.74, 6) is -1.65. The Bertz CT molecular complexity index is 1610. The molecule has 7 nitrogen and oxygen atoms in total. The zero-order valence-electron chi connectivity index (χ0n) is 23.0. The third kappa shape index (κ3) is 5.08. The first kappa shape index (κ1) is 26.7. The number of carbonyl (C=O) groups is 2. The summed E-state index contributed by atoms with van der Waals surface area (Å²) in [7, 11) is 0. The number of aliphatic carboxylic acids is 1. The van der Waals surface area contributed by atoms with Gasteiger partial charge in [0, 0.05) is 17.7 Å². The topological polar surface area (TPSA) is 103 Å². The summed E-state index contributed by atoms with van der Waals surface area (Å²) in [6.45, 7) is 1.71. The molecule has 2 atom stereocenters. The van der Waals surface area contributed by atoms with E-state index in [2.05, 4.69) is 10.2 Å². The van der Waals surface area contributed by atoms with E-state index in [4.69, 9.17) is 0 Å². The summed E-state index contributed by atoms with van der Waals surface area (Å²) in [6.07, 6.45) is 4.52. The van der Waals surface area contributed by atoms with Crippen LogP contribution in [0.2, 0.25) is 0 Å². The molecular formula is C34H33N3O4. The van der Waals surface area contributed by atoms with Crippen molar-refractivity contribution in [3.8, 4) is 0 Å². The molecule has 2 aliphatic carbocycles. The Balaban J connectivity index is 1.41. The maximum absolute atomic E-state index is 14.6. The Morgan fingerprint density at radius 1 is 0.951 bits per heavy atom. The Kier molecular flexibility index (Phi) is 7.03. The molecule has 0 spiro atoms. The second-order valence-corrected chi connectivity index (χ2v) is 11.4. The fourth-order valence-electron chi connectivity index (χ4n) is 6.20. The number of rotatable bonds is 8. The maximum Gasteiger partial charge on any atom is 0.311 e. The minimum absolute atomic E-state index is 0.108. The molecule has 2 aliphatic rings. The van der Waals surface area contributed by atoms with Gasteiger partial charge in [-0.15, -0.1) is 0 Å². The van der Waals surface area contributed by atoms with E-state index in [0.29, 0.717) is 18.5 Å². The summed E-state index contributed by atoms with van der Waals surface area (Å²) in [5, 5.41) is 17.1. The molecule has 0 radical (unpaired) electrons. The van der Waals surface area contributed by atoms with E-state index < -0.39 is 23.3 Å². The number of anilines is 1. The molecule has 2 unspecified atom stereocenters. The molecule has 208 valence electrons. The van der Waals surface area contributed by atoms with Crippen LogP contribution in [0.3, 0.4) is 0 Å². The summed E-state index contributed by atoms with van der Waals surface area (Å²) in [6, 6.07) is 26.5. The minimum atomic E-state index is -1.02. The molecule has 1 saturated carbocycles. The van der Waals surface area contributed by atoms with Gasteiger partial charge in [0.25, 0.3) is 5.56 Å². The van der Waals surface area contributed by atoms with Crippen LogP contribution in [0.5, 0.6) is 0 Å². The molecule has 1 fully saturated rings. The van der Waals surface area contributed by atoms with Crippen LogP contribution in [0.25, 0.3) is 0 Å². The van der Waals surface area contributed by atoms with Gasteiger partial charge in [-0.05, 0) is 73.4 Å². The minimum Gasteiger partial charge on any atom is -0.481 e. The van der Waals surface area contributed by atoms with Crippen molar-refractivity contribution in [1.29, 1.82) is 0 Å². The maximum atomic E-state index is 14.6. The average Bonchev–Trinajstić information content (AvgIpc) is 3.68. The van der Waals surface area contributed by atoms with Crippen molar-refractivity contribution in [3.05, 3.63) is 129 Å². The molecule has 0 saturated heterocycles. The number of benzene rings is 3. The molecule has 3 aromatic carbocycles. The Hall–Kier alpha value is -4.52. The fraction of sp³-hybridized carbons (Fsp3) is 0.294.